The number of halogens is 4. The number of Topliss-reactive ketones (excluding diaryl/α,β-unsaturated/α-hetero) is 1. The molecule has 0 heterocycles. The van der Waals surface area contributed by atoms with Crippen LogP contribution in [-0.2, 0) is 22.2 Å². The Morgan fingerprint density at radius 1 is 1.33 bits per heavy atom. The third-order valence-electron chi connectivity index (χ3n) is 2.16. The number of hydrogen-bond acceptors (Lipinski definition) is 2. The molecule has 0 saturated heterocycles. The Morgan fingerprint density at radius 3 is 2.44 bits per heavy atom. The first-order valence-corrected chi connectivity index (χ1v) is 5.23. The fraction of sp³-hybridized carbons (Fsp3) is 0.273. The van der Waals surface area contributed by atoms with Crippen LogP contribution in [0.25, 0.3) is 0 Å². The van der Waals surface area contributed by atoms with Gasteiger partial charge >= 0.3 is 12.1 Å². The molecule has 1 atom stereocenters. The number of hydrogen-bond donors (Lipinski definition) is 1. The van der Waals surface area contributed by atoms with Gasteiger partial charge in [0, 0.05) is 0 Å². The second-order valence-corrected chi connectivity index (χ2v) is 4.07. The quantitative estimate of drug-likeness (QED) is 0.681. The fourth-order valence-electron chi connectivity index (χ4n) is 1.31. The molecule has 0 spiro atoms. The van der Waals surface area contributed by atoms with Crippen molar-refractivity contribution in [1.29, 1.82) is 0 Å². The van der Waals surface area contributed by atoms with E-state index in [2.05, 4.69) is 0 Å². The molecule has 3 nitrogen and oxygen atoms in total. The van der Waals surface area contributed by atoms with E-state index in [1.165, 1.54) is 12.1 Å². The molecule has 1 N–H and O–H groups in total. The highest BCUT2D eigenvalue weighted by Crippen LogP contribution is 2.29. The first kappa shape index (κ1) is 14.5. The van der Waals surface area contributed by atoms with Gasteiger partial charge in [-0.15, -0.1) is 11.6 Å². The average Bonchev–Trinajstić information content (AvgIpc) is 2.27. The van der Waals surface area contributed by atoms with Crippen LogP contribution < -0.4 is 0 Å². The van der Waals surface area contributed by atoms with Crippen LogP contribution in [0.4, 0.5) is 13.2 Å². The zero-order valence-corrected chi connectivity index (χ0v) is 9.63. The Morgan fingerprint density at radius 2 is 1.94 bits per heavy atom. The monoisotopic (exact) mass is 280 g/mol. The number of ketones is 1. The number of carboxylic acids is 1. The van der Waals surface area contributed by atoms with Gasteiger partial charge in [-0.05, 0) is 18.1 Å². The van der Waals surface area contributed by atoms with Crippen LogP contribution in [-0.4, -0.2) is 22.2 Å². The van der Waals surface area contributed by atoms with E-state index in [-0.39, 0.29) is 12.0 Å². The van der Waals surface area contributed by atoms with Crippen LogP contribution in [0.1, 0.15) is 11.1 Å². The zero-order valence-electron chi connectivity index (χ0n) is 8.87. The third-order valence-corrected chi connectivity index (χ3v) is 2.52. The molecule has 0 saturated carbocycles. The SMILES string of the molecule is O=C(O)C(=O)C(Cl)Cc1cccc(C(F)(F)F)c1. The minimum atomic E-state index is -4.49. The number of carbonyl (C=O) groups is 2. The Hall–Kier alpha value is -1.56. The maximum Gasteiger partial charge on any atom is 0.416 e. The van der Waals surface area contributed by atoms with Crippen LogP contribution in [0, 0.1) is 0 Å². The highest BCUT2D eigenvalue weighted by atomic mass is 35.5. The molecular weight excluding hydrogens is 273 g/mol. The number of carbonyl (C=O) groups excluding carboxylic acids is 1. The third kappa shape index (κ3) is 3.73. The van der Waals surface area contributed by atoms with E-state index in [9.17, 15) is 22.8 Å². The van der Waals surface area contributed by atoms with Gasteiger partial charge in [-0.2, -0.15) is 13.2 Å². The predicted molar refractivity (Wildman–Crippen MR) is 57.4 cm³/mol. The molecule has 0 aliphatic rings. The van der Waals surface area contributed by atoms with Gasteiger partial charge in [0.15, 0.2) is 0 Å². The lowest BCUT2D eigenvalue weighted by Crippen LogP contribution is -2.25. The summed E-state index contributed by atoms with van der Waals surface area (Å²) in [6.45, 7) is 0. The first-order chi connectivity index (χ1) is 8.21. The Kier molecular flexibility index (Phi) is 4.34. The zero-order chi connectivity index (χ0) is 13.9. The van der Waals surface area contributed by atoms with Gasteiger partial charge in [-0.3, -0.25) is 4.79 Å². The average molecular weight is 281 g/mol. The van der Waals surface area contributed by atoms with E-state index in [4.69, 9.17) is 16.7 Å². The van der Waals surface area contributed by atoms with Gasteiger partial charge in [-0.1, -0.05) is 18.2 Å². The summed E-state index contributed by atoms with van der Waals surface area (Å²) in [7, 11) is 0. The lowest BCUT2D eigenvalue weighted by Gasteiger charge is -2.10. The molecule has 1 rings (SSSR count). The minimum absolute atomic E-state index is 0.152. The molecule has 98 valence electrons. The number of benzene rings is 1. The van der Waals surface area contributed by atoms with E-state index in [1.54, 1.807) is 0 Å². The van der Waals surface area contributed by atoms with Crippen molar-refractivity contribution in [1.82, 2.24) is 0 Å². The summed E-state index contributed by atoms with van der Waals surface area (Å²) in [6, 6.07) is 4.24. The van der Waals surface area contributed by atoms with Crippen molar-refractivity contribution in [2.75, 3.05) is 0 Å². The first-order valence-electron chi connectivity index (χ1n) is 4.79. The molecule has 1 unspecified atom stereocenters. The summed E-state index contributed by atoms with van der Waals surface area (Å²) in [5.41, 5.74) is -0.717. The molecule has 0 amide bonds. The highest BCUT2D eigenvalue weighted by Gasteiger charge is 2.31. The Labute approximate surface area is 105 Å². The van der Waals surface area contributed by atoms with Crippen molar-refractivity contribution < 1.29 is 27.9 Å². The van der Waals surface area contributed by atoms with Crippen molar-refractivity contribution in [2.24, 2.45) is 0 Å². The normalized spacial score (nSPS) is 13.1. The second-order valence-electron chi connectivity index (χ2n) is 3.54. The summed E-state index contributed by atoms with van der Waals surface area (Å²) < 4.78 is 37.2. The van der Waals surface area contributed by atoms with Crippen LogP contribution in [0.5, 0.6) is 0 Å². The Bertz CT molecular complexity index is 471. The molecular formula is C11H8ClF3O3. The molecule has 0 aliphatic heterocycles. The summed E-state index contributed by atoms with van der Waals surface area (Å²) in [6.07, 6.45) is -4.76. The molecule has 18 heavy (non-hydrogen) atoms. The molecule has 7 heteroatoms. The summed E-state index contributed by atoms with van der Waals surface area (Å²) in [4.78, 5) is 21.3. The molecule has 0 radical (unpaired) electrons. The molecule has 1 aromatic rings. The highest BCUT2D eigenvalue weighted by molar-refractivity contribution is 6.47. The number of rotatable bonds is 4. The molecule has 0 bridgehead atoms. The van der Waals surface area contributed by atoms with Crippen LogP contribution in [0.2, 0.25) is 0 Å². The fourth-order valence-corrected chi connectivity index (χ4v) is 1.58. The van der Waals surface area contributed by atoms with Gasteiger partial charge < -0.3 is 5.11 Å². The van der Waals surface area contributed by atoms with E-state index >= 15 is 0 Å². The van der Waals surface area contributed by atoms with Crippen molar-refractivity contribution >= 4 is 23.4 Å². The van der Waals surface area contributed by atoms with Gasteiger partial charge in [0.1, 0.15) is 5.38 Å². The van der Waals surface area contributed by atoms with Crippen LogP contribution in [0.3, 0.4) is 0 Å². The van der Waals surface area contributed by atoms with Gasteiger partial charge in [-0.25, -0.2) is 4.79 Å². The maximum absolute atomic E-state index is 12.4. The number of carboxylic acid groups (broad SMARTS) is 1. The summed E-state index contributed by atoms with van der Waals surface area (Å²) in [5, 5.41) is 7.02. The molecule has 0 fully saturated rings. The maximum atomic E-state index is 12.4. The van der Waals surface area contributed by atoms with E-state index in [0.29, 0.717) is 0 Å². The predicted octanol–water partition coefficient (Wildman–Crippen LogP) is 2.51. The smallest absolute Gasteiger partial charge is 0.416 e. The molecule has 0 aliphatic carbocycles. The standard InChI is InChI=1S/C11H8ClF3O3/c12-8(9(16)10(17)18)5-6-2-1-3-7(4-6)11(13,14)15/h1-4,8H,5H2,(H,17,18). The largest absolute Gasteiger partial charge is 0.475 e. The molecule has 0 aromatic heterocycles. The summed E-state index contributed by atoms with van der Waals surface area (Å²) in [5.74, 6) is -2.95. The lowest BCUT2D eigenvalue weighted by molar-refractivity contribution is -0.148. The topological polar surface area (TPSA) is 54.4 Å². The van der Waals surface area contributed by atoms with Crippen molar-refractivity contribution in [2.45, 2.75) is 18.0 Å². The van der Waals surface area contributed by atoms with E-state index in [1.807, 2.05) is 0 Å². The second kappa shape index (κ2) is 5.39. The van der Waals surface area contributed by atoms with Gasteiger partial charge in [0.25, 0.3) is 5.78 Å². The van der Waals surface area contributed by atoms with Crippen LogP contribution in [0.15, 0.2) is 24.3 Å². The van der Waals surface area contributed by atoms with Gasteiger partial charge in [0.2, 0.25) is 0 Å². The number of aliphatic carboxylic acids is 1. The van der Waals surface area contributed by atoms with Gasteiger partial charge in [0.05, 0.1) is 5.56 Å². The van der Waals surface area contributed by atoms with Crippen molar-refractivity contribution in [3.8, 4) is 0 Å². The van der Waals surface area contributed by atoms with E-state index < -0.39 is 28.9 Å². The van der Waals surface area contributed by atoms with Crippen molar-refractivity contribution in [3.05, 3.63) is 35.4 Å². The lowest BCUT2D eigenvalue weighted by atomic mass is 10.0. The minimum Gasteiger partial charge on any atom is -0.475 e. The van der Waals surface area contributed by atoms with E-state index in [0.717, 1.165) is 12.1 Å². The molecule has 1 aromatic carbocycles. The van der Waals surface area contributed by atoms with Crippen molar-refractivity contribution in [3.63, 3.8) is 0 Å². The summed E-state index contributed by atoms with van der Waals surface area (Å²) >= 11 is 5.52. The Balaban J connectivity index is 2.86. The number of alkyl halides is 4. The van der Waals surface area contributed by atoms with Crippen LogP contribution >= 0.6 is 11.6 Å².